The van der Waals surface area contributed by atoms with Crippen LogP contribution in [0.25, 0.3) is 0 Å². The highest BCUT2D eigenvalue weighted by molar-refractivity contribution is 5.78. The van der Waals surface area contributed by atoms with Gasteiger partial charge in [0.25, 0.3) is 0 Å². The summed E-state index contributed by atoms with van der Waals surface area (Å²) in [7, 11) is 0. The number of benzene rings is 2. The molecule has 0 aliphatic carbocycles. The third kappa shape index (κ3) is 4.09. The third-order valence-electron chi connectivity index (χ3n) is 3.93. The van der Waals surface area contributed by atoms with Gasteiger partial charge in [0.05, 0.1) is 23.5 Å². The van der Waals surface area contributed by atoms with Gasteiger partial charge in [0.1, 0.15) is 25.1 Å². The lowest BCUT2D eigenvalue weighted by Gasteiger charge is -2.27. The van der Waals surface area contributed by atoms with Gasteiger partial charge in [-0.2, -0.15) is 10.5 Å². The van der Waals surface area contributed by atoms with E-state index >= 15 is 0 Å². The Morgan fingerprint density at radius 2 is 1.39 bits per heavy atom. The first-order valence-electron chi connectivity index (χ1n) is 8.50. The Bertz CT molecular complexity index is 937. The highest BCUT2D eigenvalue weighted by Gasteiger charge is 2.17. The summed E-state index contributed by atoms with van der Waals surface area (Å²) < 4.78 is 0. The topological polar surface area (TPSA) is 118 Å². The van der Waals surface area contributed by atoms with Gasteiger partial charge in [-0.3, -0.25) is 10.4 Å². The van der Waals surface area contributed by atoms with Crippen molar-refractivity contribution >= 4 is 28.7 Å². The fourth-order valence-corrected chi connectivity index (χ4v) is 2.64. The SMILES string of the molecule is N#CCN(CC#N)c1ncnc(NN(c2ccccc2)c2ccccc2)c1N. The molecule has 3 aromatic rings. The number of hydrogen-bond donors (Lipinski definition) is 2. The Morgan fingerprint density at radius 3 is 1.89 bits per heavy atom. The molecular formula is C20H18N8. The summed E-state index contributed by atoms with van der Waals surface area (Å²) >= 11 is 0. The van der Waals surface area contributed by atoms with E-state index in [9.17, 15) is 0 Å². The van der Waals surface area contributed by atoms with Crippen LogP contribution >= 0.6 is 0 Å². The van der Waals surface area contributed by atoms with Crippen LogP contribution in [0.3, 0.4) is 0 Å². The minimum absolute atomic E-state index is 0.00466. The minimum Gasteiger partial charge on any atom is -0.393 e. The molecule has 3 N–H and O–H groups in total. The van der Waals surface area contributed by atoms with Gasteiger partial charge in [0.15, 0.2) is 11.6 Å². The third-order valence-corrected chi connectivity index (χ3v) is 3.93. The van der Waals surface area contributed by atoms with E-state index in [1.807, 2.05) is 77.8 Å². The summed E-state index contributed by atoms with van der Waals surface area (Å²) in [5, 5.41) is 19.9. The Balaban J connectivity index is 1.99. The Kier molecular flexibility index (Phi) is 5.86. The van der Waals surface area contributed by atoms with Gasteiger partial charge in [0, 0.05) is 0 Å². The fourth-order valence-electron chi connectivity index (χ4n) is 2.64. The van der Waals surface area contributed by atoms with Crippen molar-refractivity contribution in [3.63, 3.8) is 0 Å². The molecule has 0 radical (unpaired) electrons. The molecule has 138 valence electrons. The lowest BCUT2D eigenvalue weighted by Crippen LogP contribution is -2.29. The van der Waals surface area contributed by atoms with Crippen LogP contribution in [0, 0.1) is 22.7 Å². The van der Waals surface area contributed by atoms with Gasteiger partial charge in [-0.05, 0) is 24.3 Å². The molecule has 1 aromatic heterocycles. The second kappa shape index (κ2) is 8.88. The summed E-state index contributed by atoms with van der Waals surface area (Å²) in [5.74, 6) is 0.709. The monoisotopic (exact) mass is 370 g/mol. The molecule has 0 fully saturated rings. The van der Waals surface area contributed by atoms with Crippen molar-refractivity contribution < 1.29 is 0 Å². The van der Waals surface area contributed by atoms with E-state index in [1.165, 1.54) is 11.2 Å². The molecule has 0 amide bonds. The van der Waals surface area contributed by atoms with Crippen LogP contribution in [0.2, 0.25) is 0 Å². The summed E-state index contributed by atoms with van der Waals surface area (Å²) in [6.45, 7) is -0.00933. The standard InChI is InChI=1S/C20H18N8/c21-11-13-27(14-12-22)20-18(23)19(24-15-25-20)26-28(16-7-3-1-4-8-16)17-9-5-2-6-10-17/h1-10,15H,13-14,23H2,(H,24,25,26). The molecule has 0 saturated carbocycles. The van der Waals surface area contributed by atoms with E-state index in [1.54, 1.807) is 0 Å². The maximum atomic E-state index is 9.02. The molecule has 0 unspecified atom stereocenters. The molecule has 8 nitrogen and oxygen atoms in total. The second-order valence-electron chi connectivity index (χ2n) is 5.75. The number of para-hydroxylation sites is 2. The molecule has 0 aliphatic rings. The Morgan fingerprint density at radius 1 is 0.857 bits per heavy atom. The Hall–Kier alpha value is -4.30. The number of rotatable bonds is 7. The van der Waals surface area contributed by atoms with Crippen molar-refractivity contribution in [2.24, 2.45) is 0 Å². The number of aromatic nitrogens is 2. The molecule has 0 saturated heterocycles. The lowest BCUT2D eigenvalue weighted by atomic mass is 10.2. The smallest absolute Gasteiger partial charge is 0.173 e. The molecule has 1 heterocycles. The van der Waals surface area contributed by atoms with Crippen molar-refractivity contribution in [2.75, 3.05) is 34.2 Å². The van der Waals surface area contributed by atoms with Crippen molar-refractivity contribution in [1.82, 2.24) is 9.97 Å². The summed E-state index contributed by atoms with van der Waals surface area (Å²) in [5.41, 5.74) is 11.5. The molecule has 0 atom stereocenters. The fraction of sp³-hybridized carbons (Fsp3) is 0.100. The molecule has 0 aliphatic heterocycles. The molecule has 0 bridgehead atoms. The van der Waals surface area contributed by atoms with Crippen LogP contribution < -0.4 is 21.1 Å². The van der Waals surface area contributed by atoms with E-state index in [-0.39, 0.29) is 18.8 Å². The van der Waals surface area contributed by atoms with Gasteiger partial charge >= 0.3 is 0 Å². The predicted molar refractivity (Wildman–Crippen MR) is 109 cm³/mol. The highest BCUT2D eigenvalue weighted by atomic mass is 15.5. The molecule has 0 spiro atoms. The van der Waals surface area contributed by atoms with Crippen LogP contribution in [0.4, 0.5) is 28.7 Å². The van der Waals surface area contributed by atoms with E-state index in [2.05, 4.69) is 15.4 Å². The normalized spacial score (nSPS) is 9.79. The minimum atomic E-state index is -0.00466. The molecular weight excluding hydrogens is 352 g/mol. The number of nitrogens with one attached hydrogen (secondary N) is 1. The van der Waals surface area contributed by atoms with Crippen LogP contribution in [0.5, 0.6) is 0 Å². The lowest BCUT2D eigenvalue weighted by molar-refractivity contribution is 0.927. The number of nitrogens with zero attached hydrogens (tertiary/aromatic N) is 6. The maximum absolute atomic E-state index is 9.02. The van der Waals surface area contributed by atoms with Gasteiger partial charge in [-0.25, -0.2) is 9.97 Å². The quantitative estimate of drug-likeness (QED) is 0.481. The second-order valence-corrected chi connectivity index (χ2v) is 5.75. The van der Waals surface area contributed by atoms with Crippen molar-refractivity contribution in [1.29, 1.82) is 10.5 Å². The highest BCUT2D eigenvalue weighted by Crippen LogP contribution is 2.30. The van der Waals surface area contributed by atoms with Gasteiger partial charge < -0.3 is 10.6 Å². The van der Waals surface area contributed by atoms with E-state index in [4.69, 9.17) is 16.3 Å². The van der Waals surface area contributed by atoms with Crippen molar-refractivity contribution in [2.45, 2.75) is 0 Å². The van der Waals surface area contributed by atoms with Crippen LogP contribution in [-0.4, -0.2) is 23.1 Å². The number of nitrogens with two attached hydrogens (primary N) is 1. The van der Waals surface area contributed by atoms with Crippen molar-refractivity contribution in [3.8, 4) is 12.1 Å². The number of hydrazine groups is 1. The van der Waals surface area contributed by atoms with Crippen LogP contribution in [-0.2, 0) is 0 Å². The maximum Gasteiger partial charge on any atom is 0.173 e. The molecule has 28 heavy (non-hydrogen) atoms. The molecule has 8 heteroatoms. The number of anilines is 5. The van der Waals surface area contributed by atoms with Crippen LogP contribution in [0.1, 0.15) is 0 Å². The molecule has 3 rings (SSSR count). The zero-order chi connectivity index (χ0) is 19.8. The first-order valence-corrected chi connectivity index (χ1v) is 8.50. The zero-order valence-corrected chi connectivity index (χ0v) is 15.0. The summed E-state index contributed by atoms with van der Waals surface area (Å²) in [6.07, 6.45) is 1.35. The first kappa shape index (κ1) is 18.5. The van der Waals surface area contributed by atoms with Gasteiger partial charge in [0.2, 0.25) is 0 Å². The number of nitrogen functional groups attached to an aromatic ring is 1. The Labute approximate surface area is 163 Å². The first-order chi connectivity index (χ1) is 13.7. The van der Waals surface area contributed by atoms with E-state index in [0.29, 0.717) is 11.6 Å². The van der Waals surface area contributed by atoms with Crippen LogP contribution in [0.15, 0.2) is 67.0 Å². The largest absolute Gasteiger partial charge is 0.393 e. The average molecular weight is 370 g/mol. The predicted octanol–water partition coefficient (Wildman–Crippen LogP) is 3.08. The van der Waals surface area contributed by atoms with E-state index < -0.39 is 0 Å². The molecule has 2 aromatic carbocycles. The number of nitriles is 2. The van der Waals surface area contributed by atoms with E-state index in [0.717, 1.165) is 11.4 Å². The summed E-state index contributed by atoms with van der Waals surface area (Å²) in [4.78, 5) is 9.91. The number of hydrogen-bond acceptors (Lipinski definition) is 8. The zero-order valence-electron chi connectivity index (χ0n) is 15.0. The van der Waals surface area contributed by atoms with Gasteiger partial charge in [-0.15, -0.1) is 0 Å². The van der Waals surface area contributed by atoms with Gasteiger partial charge in [-0.1, -0.05) is 36.4 Å². The van der Waals surface area contributed by atoms with Crippen molar-refractivity contribution in [3.05, 3.63) is 67.0 Å². The average Bonchev–Trinajstić information content (AvgIpc) is 2.74. The summed E-state index contributed by atoms with van der Waals surface area (Å²) in [6, 6.07) is 23.5.